The van der Waals surface area contributed by atoms with Crippen molar-refractivity contribution in [2.24, 2.45) is 0 Å². The number of halogens is 1. The van der Waals surface area contributed by atoms with Crippen LogP contribution in [0.25, 0.3) is 0 Å². The number of likely N-dealkylation sites (tertiary alicyclic amines) is 1. The Morgan fingerprint density at radius 1 is 0.917 bits per heavy atom. The Morgan fingerprint density at radius 2 is 1.56 bits per heavy atom. The average Bonchev–Trinajstić information content (AvgIpc) is 2.88. The van der Waals surface area contributed by atoms with Crippen LogP contribution in [0, 0.1) is 0 Å². The number of nitrogens with zero attached hydrogens (tertiary/aromatic N) is 2. The van der Waals surface area contributed by atoms with E-state index in [4.69, 9.17) is 11.6 Å². The van der Waals surface area contributed by atoms with E-state index in [0.29, 0.717) is 22.8 Å². The first-order valence-corrected chi connectivity index (χ1v) is 14.4. The van der Waals surface area contributed by atoms with E-state index in [9.17, 15) is 13.2 Å². The van der Waals surface area contributed by atoms with Crippen molar-refractivity contribution in [3.8, 4) is 0 Å². The Morgan fingerprint density at radius 3 is 2.19 bits per heavy atom. The smallest absolute Gasteiger partial charge is 0.251 e. The van der Waals surface area contributed by atoms with Crippen LogP contribution < -0.4 is 9.62 Å². The van der Waals surface area contributed by atoms with Crippen molar-refractivity contribution in [2.75, 3.05) is 23.7 Å². The Balaban J connectivity index is 1.41. The molecule has 0 bridgehead atoms. The van der Waals surface area contributed by atoms with E-state index in [2.05, 4.69) is 22.3 Å². The quantitative estimate of drug-likeness (QED) is 0.415. The minimum atomic E-state index is -3.53. The third-order valence-electron chi connectivity index (χ3n) is 6.46. The normalized spacial score (nSPS) is 14.4. The molecular weight excluding hydrogens is 494 g/mol. The van der Waals surface area contributed by atoms with E-state index in [1.165, 1.54) is 35.4 Å². The molecule has 0 aromatic heterocycles. The molecule has 1 fully saturated rings. The molecule has 0 spiro atoms. The summed E-state index contributed by atoms with van der Waals surface area (Å²) >= 11 is 5.95. The molecule has 0 unspecified atom stereocenters. The monoisotopic (exact) mass is 525 g/mol. The zero-order valence-electron chi connectivity index (χ0n) is 20.5. The van der Waals surface area contributed by atoms with Crippen LogP contribution in [0.1, 0.15) is 46.3 Å². The summed E-state index contributed by atoms with van der Waals surface area (Å²) in [7, 11) is -3.53. The summed E-state index contributed by atoms with van der Waals surface area (Å²) in [6.07, 6.45) is 4.96. The maximum atomic E-state index is 12.9. The van der Waals surface area contributed by atoms with Gasteiger partial charge in [-0.25, -0.2) is 8.42 Å². The molecule has 6 nitrogen and oxygen atoms in total. The standard InChI is InChI=1S/C28H32ClN3O3S/c1-36(34,35)32(20-22-9-13-26(29)14-10-22)27-15-11-23(12-16-27)28(33)30-19-24-7-3-4-8-25(24)21-31-17-5-2-6-18-31/h3-4,7-16H,2,5-6,17-21H2,1H3,(H,30,33). The van der Waals surface area contributed by atoms with Gasteiger partial charge in [-0.1, -0.05) is 54.4 Å². The van der Waals surface area contributed by atoms with Gasteiger partial charge < -0.3 is 5.32 Å². The first kappa shape index (κ1) is 26.2. The number of nitrogens with one attached hydrogen (secondary N) is 1. The number of benzene rings is 3. The molecule has 36 heavy (non-hydrogen) atoms. The summed E-state index contributed by atoms with van der Waals surface area (Å²) in [5.41, 5.74) is 4.14. The van der Waals surface area contributed by atoms with Crippen LogP contribution in [-0.2, 0) is 29.7 Å². The molecule has 1 heterocycles. The second-order valence-corrected chi connectivity index (χ2v) is 11.6. The fraction of sp³-hybridized carbons (Fsp3) is 0.321. The molecule has 8 heteroatoms. The van der Waals surface area contributed by atoms with Gasteiger partial charge in [0.05, 0.1) is 18.5 Å². The Kier molecular flexibility index (Phi) is 8.67. The minimum absolute atomic E-state index is 0.176. The van der Waals surface area contributed by atoms with Gasteiger partial charge in [-0.15, -0.1) is 0 Å². The highest BCUT2D eigenvalue weighted by atomic mass is 35.5. The van der Waals surface area contributed by atoms with Gasteiger partial charge >= 0.3 is 0 Å². The van der Waals surface area contributed by atoms with Crippen molar-refractivity contribution in [3.05, 3.63) is 100 Å². The highest BCUT2D eigenvalue weighted by Crippen LogP contribution is 2.22. The number of sulfonamides is 1. The van der Waals surface area contributed by atoms with Crippen molar-refractivity contribution in [3.63, 3.8) is 0 Å². The summed E-state index contributed by atoms with van der Waals surface area (Å²) in [5.74, 6) is -0.196. The highest BCUT2D eigenvalue weighted by Gasteiger charge is 2.19. The molecular formula is C28H32ClN3O3S. The molecule has 1 amide bonds. The third kappa shape index (κ3) is 7.09. The molecule has 4 rings (SSSR count). The van der Waals surface area contributed by atoms with Crippen LogP contribution in [0.5, 0.6) is 0 Å². The number of rotatable bonds is 9. The van der Waals surface area contributed by atoms with Crippen molar-refractivity contribution in [1.82, 2.24) is 10.2 Å². The van der Waals surface area contributed by atoms with Crippen molar-refractivity contribution >= 4 is 33.2 Å². The van der Waals surface area contributed by atoms with Gasteiger partial charge in [-0.05, 0) is 79.0 Å². The predicted molar refractivity (Wildman–Crippen MR) is 146 cm³/mol. The Bertz CT molecular complexity index is 1270. The Hall–Kier alpha value is -2.87. The van der Waals surface area contributed by atoms with Crippen LogP contribution in [-0.4, -0.2) is 38.6 Å². The lowest BCUT2D eigenvalue weighted by molar-refractivity contribution is 0.0950. The first-order chi connectivity index (χ1) is 17.3. The maximum absolute atomic E-state index is 12.9. The Labute approximate surface area is 218 Å². The molecule has 190 valence electrons. The first-order valence-electron chi connectivity index (χ1n) is 12.2. The van der Waals surface area contributed by atoms with Crippen LogP contribution in [0.15, 0.2) is 72.8 Å². The summed E-state index contributed by atoms with van der Waals surface area (Å²) in [4.78, 5) is 15.3. The number of hydrogen-bond donors (Lipinski definition) is 1. The zero-order chi connectivity index (χ0) is 25.5. The lowest BCUT2D eigenvalue weighted by atomic mass is 10.0. The highest BCUT2D eigenvalue weighted by molar-refractivity contribution is 7.92. The van der Waals surface area contributed by atoms with Crippen molar-refractivity contribution in [1.29, 1.82) is 0 Å². The minimum Gasteiger partial charge on any atom is -0.348 e. The average molecular weight is 526 g/mol. The molecule has 0 aliphatic carbocycles. The van der Waals surface area contributed by atoms with Crippen molar-refractivity contribution < 1.29 is 13.2 Å². The fourth-order valence-corrected chi connectivity index (χ4v) is 5.47. The summed E-state index contributed by atoms with van der Waals surface area (Å²) in [6.45, 7) is 3.76. The number of amides is 1. The molecule has 0 radical (unpaired) electrons. The van der Waals surface area contributed by atoms with Gasteiger partial charge in [0.15, 0.2) is 0 Å². The van der Waals surface area contributed by atoms with Gasteiger partial charge in [-0.3, -0.25) is 14.0 Å². The zero-order valence-corrected chi connectivity index (χ0v) is 22.1. The SMILES string of the molecule is CS(=O)(=O)N(Cc1ccc(Cl)cc1)c1ccc(C(=O)NCc2ccccc2CN2CCCCC2)cc1. The maximum Gasteiger partial charge on any atom is 0.251 e. The number of carbonyl (C=O) groups is 1. The van der Waals surface area contributed by atoms with Gasteiger partial charge in [-0.2, -0.15) is 0 Å². The fourth-order valence-electron chi connectivity index (χ4n) is 4.45. The van der Waals surface area contributed by atoms with Crippen LogP contribution >= 0.6 is 11.6 Å². The molecule has 1 aliphatic heterocycles. The number of hydrogen-bond acceptors (Lipinski definition) is 4. The molecule has 1 saturated heterocycles. The lowest BCUT2D eigenvalue weighted by Gasteiger charge is -2.27. The van der Waals surface area contributed by atoms with Gasteiger partial charge in [0.1, 0.15) is 0 Å². The molecule has 3 aromatic rings. The predicted octanol–water partition coefficient (Wildman–Crippen LogP) is 5.22. The van der Waals surface area contributed by atoms with Gasteiger partial charge in [0, 0.05) is 23.7 Å². The van der Waals surface area contributed by atoms with E-state index >= 15 is 0 Å². The van der Waals surface area contributed by atoms with E-state index < -0.39 is 10.0 Å². The second kappa shape index (κ2) is 11.9. The summed E-state index contributed by atoms with van der Waals surface area (Å²) in [5, 5.41) is 3.61. The molecule has 0 atom stereocenters. The van der Waals surface area contributed by atoms with Crippen molar-refractivity contribution in [2.45, 2.75) is 38.9 Å². The molecule has 1 aliphatic rings. The van der Waals surface area contributed by atoms with E-state index in [1.54, 1.807) is 48.5 Å². The topological polar surface area (TPSA) is 69.7 Å². The number of anilines is 1. The van der Waals surface area contributed by atoms with Gasteiger partial charge in [0.25, 0.3) is 5.91 Å². The third-order valence-corrected chi connectivity index (χ3v) is 7.85. The van der Waals surface area contributed by atoms with Gasteiger partial charge in [0.2, 0.25) is 10.0 Å². The summed E-state index contributed by atoms with van der Waals surface area (Å²) in [6, 6.07) is 21.9. The molecule has 1 N–H and O–H groups in total. The van der Waals surface area contributed by atoms with Crippen LogP contribution in [0.3, 0.4) is 0 Å². The number of piperidine rings is 1. The molecule has 0 saturated carbocycles. The number of carbonyl (C=O) groups excluding carboxylic acids is 1. The largest absolute Gasteiger partial charge is 0.348 e. The summed E-state index contributed by atoms with van der Waals surface area (Å²) < 4.78 is 26.3. The molecule has 3 aromatic carbocycles. The van der Waals surface area contributed by atoms with E-state index in [0.717, 1.165) is 30.8 Å². The van der Waals surface area contributed by atoms with Crippen LogP contribution in [0.2, 0.25) is 5.02 Å². The second-order valence-electron chi connectivity index (χ2n) is 9.23. The van der Waals surface area contributed by atoms with E-state index in [-0.39, 0.29) is 12.5 Å². The lowest BCUT2D eigenvalue weighted by Crippen LogP contribution is -2.30. The van der Waals surface area contributed by atoms with E-state index in [1.807, 2.05) is 12.1 Å². The van der Waals surface area contributed by atoms with Crippen LogP contribution in [0.4, 0.5) is 5.69 Å².